The summed E-state index contributed by atoms with van der Waals surface area (Å²) in [6.07, 6.45) is 2.37. The Labute approximate surface area is 166 Å². The zero-order valence-electron chi connectivity index (χ0n) is 16.5. The molecule has 5 heteroatoms. The minimum Gasteiger partial charge on any atom is -0.491 e. The molecule has 0 aliphatic carbocycles. The van der Waals surface area contributed by atoms with Gasteiger partial charge in [0.2, 0.25) is 0 Å². The highest BCUT2D eigenvalue weighted by molar-refractivity contribution is 5.94. The smallest absolute Gasteiger partial charge is 0.253 e. The summed E-state index contributed by atoms with van der Waals surface area (Å²) in [7, 11) is 0. The van der Waals surface area contributed by atoms with Gasteiger partial charge in [-0.25, -0.2) is 0 Å². The minimum absolute atomic E-state index is 0.0927. The van der Waals surface area contributed by atoms with Gasteiger partial charge in [-0.1, -0.05) is 18.2 Å². The van der Waals surface area contributed by atoms with E-state index in [1.807, 2.05) is 29.2 Å². The summed E-state index contributed by atoms with van der Waals surface area (Å²) >= 11 is 0. The summed E-state index contributed by atoms with van der Waals surface area (Å²) in [5.41, 5.74) is 3.26. The number of benzene rings is 2. The van der Waals surface area contributed by atoms with Crippen molar-refractivity contribution in [1.82, 2.24) is 4.90 Å². The van der Waals surface area contributed by atoms with Crippen LogP contribution in [-0.4, -0.2) is 56.3 Å². The molecule has 2 heterocycles. The number of hydrogen-bond acceptors (Lipinski definition) is 4. The fraction of sp³-hybridized carbons (Fsp3) is 0.435. The maximum absolute atomic E-state index is 12.8. The Morgan fingerprint density at radius 2 is 1.82 bits per heavy atom. The third kappa shape index (κ3) is 4.30. The SMILES string of the molecule is Cc1ccccc1N1CCN(C(=O)c2ccc(OCC3CCCO3)cc2)CC1. The quantitative estimate of drug-likeness (QED) is 0.796. The number of ether oxygens (including phenoxy) is 2. The molecule has 2 saturated heterocycles. The Morgan fingerprint density at radius 3 is 2.50 bits per heavy atom. The van der Waals surface area contributed by atoms with Gasteiger partial charge in [-0.05, 0) is 55.7 Å². The lowest BCUT2D eigenvalue weighted by Gasteiger charge is -2.36. The van der Waals surface area contributed by atoms with E-state index in [1.165, 1.54) is 11.3 Å². The number of amides is 1. The van der Waals surface area contributed by atoms with Gasteiger partial charge >= 0.3 is 0 Å². The Bertz CT molecular complexity index is 792. The predicted molar refractivity (Wildman–Crippen MR) is 110 cm³/mol. The second-order valence-electron chi connectivity index (χ2n) is 7.54. The molecule has 2 aromatic carbocycles. The molecule has 0 spiro atoms. The van der Waals surface area contributed by atoms with Crippen molar-refractivity contribution >= 4 is 11.6 Å². The highest BCUT2D eigenvalue weighted by Crippen LogP contribution is 2.22. The number of carbonyl (C=O) groups excluding carboxylic acids is 1. The van der Waals surface area contributed by atoms with Crippen LogP contribution in [-0.2, 0) is 4.74 Å². The number of carbonyl (C=O) groups is 1. The molecular weight excluding hydrogens is 352 g/mol. The van der Waals surface area contributed by atoms with Crippen LogP contribution in [0.3, 0.4) is 0 Å². The van der Waals surface area contributed by atoms with Crippen molar-refractivity contribution < 1.29 is 14.3 Å². The third-order valence-corrected chi connectivity index (χ3v) is 5.58. The van der Waals surface area contributed by atoms with E-state index in [1.54, 1.807) is 0 Å². The van der Waals surface area contributed by atoms with E-state index in [0.717, 1.165) is 51.4 Å². The molecule has 1 amide bonds. The van der Waals surface area contributed by atoms with Gasteiger partial charge in [0.1, 0.15) is 12.4 Å². The van der Waals surface area contributed by atoms with Gasteiger partial charge in [0.15, 0.2) is 0 Å². The van der Waals surface area contributed by atoms with E-state index in [2.05, 4.69) is 36.1 Å². The van der Waals surface area contributed by atoms with E-state index in [0.29, 0.717) is 12.2 Å². The van der Waals surface area contributed by atoms with Crippen LogP contribution in [0.15, 0.2) is 48.5 Å². The molecule has 2 aliphatic rings. The Kier molecular flexibility index (Phi) is 5.81. The van der Waals surface area contributed by atoms with Crippen LogP contribution in [0.1, 0.15) is 28.8 Å². The molecule has 1 unspecified atom stereocenters. The van der Waals surface area contributed by atoms with Crippen LogP contribution in [0.25, 0.3) is 0 Å². The molecular formula is C23H28N2O3. The Balaban J connectivity index is 1.30. The number of piperazine rings is 1. The van der Waals surface area contributed by atoms with E-state index >= 15 is 0 Å². The summed E-state index contributed by atoms with van der Waals surface area (Å²) in [6, 6.07) is 15.9. The van der Waals surface area contributed by atoms with Crippen molar-refractivity contribution in [2.24, 2.45) is 0 Å². The van der Waals surface area contributed by atoms with Gasteiger partial charge in [0, 0.05) is 44.0 Å². The van der Waals surface area contributed by atoms with Crippen LogP contribution in [0, 0.1) is 6.92 Å². The first-order chi connectivity index (χ1) is 13.7. The largest absolute Gasteiger partial charge is 0.491 e. The maximum Gasteiger partial charge on any atom is 0.253 e. The van der Waals surface area contributed by atoms with Gasteiger partial charge in [0.05, 0.1) is 6.10 Å². The first-order valence-electron chi connectivity index (χ1n) is 10.1. The second-order valence-corrected chi connectivity index (χ2v) is 7.54. The summed E-state index contributed by atoms with van der Waals surface area (Å²) in [6.45, 7) is 6.75. The molecule has 2 aromatic rings. The molecule has 1 atom stereocenters. The fourth-order valence-corrected chi connectivity index (χ4v) is 3.91. The summed E-state index contributed by atoms with van der Waals surface area (Å²) in [5, 5.41) is 0. The van der Waals surface area contributed by atoms with Crippen molar-refractivity contribution in [3.05, 3.63) is 59.7 Å². The van der Waals surface area contributed by atoms with E-state index in [-0.39, 0.29) is 12.0 Å². The van der Waals surface area contributed by atoms with Crippen LogP contribution < -0.4 is 9.64 Å². The molecule has 4 rings (SSSR count). The number of rotatable bonds is 5. The molecule has 0 aromatic heterocycles. The van der Waals surface area contributed by atoms with Crippen molar-refractivity contribution in [3.63, 3.8) is 0 Å². The predicted octanol–water partition coefficient (Wildman–Crippen LogP) is 3.52. The van der Waals surface area contributed by atoms with E-state index < -0.39 is 0 Å². The van der Waals surface area contributed by atoms with Crippen molar-refractivity contribution in [2.45, 2.75) is 25.9 Å². The van der Waals surface area contributed by atoms with Gasteiger partial charge < -0.3 is 19.3 Å². The number of aryl methyl sites for hydroxylation is 1. The average Bonchev–Trinajstić information content (AvgIpc) is 3.26. The van der Waals surface area contributed by atoms with Crippen molar-refractivity contribution in [2.75, 3.05) is 44.3 Å². The maximum atomic E-state index is 12.8. The molecule has 2 aliphatic heterocycles. The van der Waals surface area contributed by atoms with Gasteiger partial charge in [-0.15, -0.1) is 0 Å². The van der Waals surface area contributed by atoms with Crippen molar-refractivity contribution in [1.29, 1.82) is 0 Å². The summed E-state index contributed by atoms with van der Waals surface area (Å²) in [5.74, 6) is 0.881. The molecule has 28 heavy (non-hydrogen) atoms. The van der Waals surface area contributed by atoms with Crippen molar-refractivity contribution in [3.8, 4) is 5.75 Å². The molecule has 2 fully saturated rings. The van der Waals surface area contributed by atoms with Gasteiger partial charge in [-0.3, -0.25) is 4.79 Å². The molecule has 0 saturated carbocycles. The third-order valence-electron chi connectivity index (χ3n) is 5.58. The molecule has 0 N–H and O–H groups in total. The lowest BCUT2D eigenvalue weighted by atomic mass is 10.1. The number of nitrogens with zero attached hydrogens (tertiary/aromatic N) is 2. The minimum atomic E-state index is 0.0927. The summed E-state index contributed by atoms with van der Waals surface area (Å²) < 4.78 is 11.4. The number of anilines is 1. The van der Waals surface area contributed by atoms with Crippen LogP contribution in [0.2, 0.25) is 0 Å². The lowest BCUT2D eigenvalue weighted by molar-refractivity contribution is 0.0678. The molecule has 148 valence electrons. The van der Waals surface area contributed by atoms with E-state index in [4.69, 9.17) is 9.47 Å². The standard InChI is InChI=1S/C23H28N2O3/c1-18-5-2-3-7-22(18)24-12-14-25(15-13-24)23(26)19-8-10-20(11-9-19)28-17-21-6-4-16-27-21/h2-3,5,7-11,21H,4,6,12-17H2,1H3. The van der Waals surface area contributed by atoms with Gasteiger partial charge in [-0.2, -0.15) is 0 Å². The van der Waals surface area contributed by atoms with E-state index in [9.17, 15) is 4.79 Å². The lowest BCUT2D eigenvalue weighted by Crippen LogP contribution is -2.49. The fourth-order valence-electron chi connectivity index (χ4n) is 3.91. The Morgan fingerprint density at radius 1 is 1.07 bits per heavy atom. The zero-order valence-corrected chi connectivity index (χ0v) is 16.5. The molecule has 0 bridgehead atoms. The second kappa shape index (κ2) is 8.65. The first kappa shape index (κ1) is 18.8. The molecule has 5 nitrogen and oxygen atoms in total. The summed E-state index contributed by atoms with van der Waals surface area (Å²) in [4.78, 5) is 17.1. The van der Waals surface area contributed by atoms with Gasteiger partial charge in [0.25, 0.3) is 5.91 Å². The average molecular weight is 380 g/mol. The highest BCUT2D eigenvalue weighted by Gasteiger charge is 2.23. The number of hydrogen-bond donors (Lipinski definition) is 0. The van der Waals surface area contributed by atoms with Crippen LogP contribution >= 0.6 is 0 Å². The molecule has 0 radical (unpaired) electrons. The Hall–Kier alpha value is -2.53. The monoisotopic (exact) mass is 380 g/mol. The zero-order chi connectivity index (χ0) is 19.3. The normalized spacial score (nSPS) is 19.7. The number of para-hydroxylation sites is 1. The topological polar surface area (TPSA) is 42.0 Å². The highest BCUT2D eigenvalue weighted by atomic mass is 16.5. The first-order valence-corrected chi connectivity index (χ1v) is 10.1. The van der Waals surface area contributed by atoms with Crippen LogP contribution in [0.5, 0.6) is 5.75 Å². The van der Waals surface area contributed by atoms with Crippen LogP contribution in [0.4, 0.5) is 5.69 Å².